The van der Waals surface area contributed by atoms with Gasteiger partial charge in [-0.25, -0.2) is 4.68 Å². The lowest BCUT2D eigenvalue weighted by Gasteiger charge is -2.07. The summed E-state index contributed by atoms with van der Waals surface area (Å²) >= 11 is 0. The molecule has 2 heterocycles. The average molecular weight is 283 g/mol. The van der Waals surface area contributed by atoms with E-state index in [1.165, 1.54) is 4.68 Å². The van der Waals surface area contributed by atoms with Crippen molar-refractivity contribution in [3.05, 3.63) is 69.0 Å². The van der Waals surface area contributed by atoms with Crippen LogP contribution in [0.5, 0.6) is 0 Å². The van der Waals surface area contributed by atoms with E-state index in [-0.39, 0.29) is 17.7 Å². The van der Waals surface area contributed by atoms with Crippen LogP contribution in [-0.4, -0.2) is 14.8 Å². The summed E-state index contributed by atoms with van der Waals surface area (Å²) in [6.07, 6.45) is 1.58. The summed E-state index contributed by atoms with van der Waals surface area (Å²) in [5.41, 5.74) is 3.22. The largest absolute Gasteiger partial charge is 0.324 e. The van der Waals surface area contributed by atoms with Gasteiger partial charge in [-0.15, -0.1) is 0 Å². The van der Waals surface area contributed by atoms with Gasteiger partial charge in [-0.05, 0) is 24.3 Å². The number of aromatic nitrogens is 3. The Bertz CT molecular complexity index is 913. The molecular weight excluding hydrogens is 270 g/mol. The molecule has 0 aliphatic rings. The molecule has 0 aliphatic carbocycles. The molecule has 2 aromatic heterocycles. The van der Waals surface area contributed by atoms with Gasteiger partial charge < -0.3 is 5.43 Å². The molecule has 0 spiro atoms. The molecule has 106 valence electrons. The maximum absolute atomic E-state index is 12.4. The van der Waals surface area contributed by atoms with Crippen molar-refractivity contribution in [2.45, 2.75) is 6.54 Å². The molecule has 4 N–H and O–H groups in total. The first-order valence-corrected chi connectivity index (χ1v) is 6.32. The molecular formula is C14H13N5O2. The zero-order valence-corrected chi connectivity index (χ0v) is 11.0. The van der Waals surface area contributed by atoms with Crippen LogP contribution in [0, 0.1) is 0 Å². The first kappa shape index (κ1) is 13.1. The molecule has 21 heavy (non-hydrogen) atoms. The van der Waals surface area contributed by atoms with Crippen LogP contribution in [0.1, 0.15) is 5.69 Å². The van der Waals surface area contributed by atoms with Gasteiger partial charge in [0.2, 0.25) is 0 Å². The fourth-order valence-corrected chi connectivity index (χ4v) is 2.17. The Balaban J connectivity index is 2.11. The molecule has 0 unspecified atom stereocenters. The molecule has 7 heteroatoms. The topological polar surface area (TPSA) is 106 Å². The van der Waals surface area contributed by atoms with Gasteiger partial charge in [-0.2, -0.15) is 0 Å². The van der Waals surface area contributed by atoms with Crippen LogP contribution in [0.25, 0.3) is 10.8 Å². The number of hydrogen-bond donors (Lipinski definition) is 3. The number of hydrogen-bond acceptors (Lipinski definition) is 5. The molecule has 0 amide bonds. The Morgan fingerprint density at radius 2 is 1.95 bits per heavy atom. The standard InChI is InChI=1S/C14H13N5O2/c15-17-9-5-6-16-10(7-9)8-19-14(21)12-4-2-1-3-11(12)13(20)18-19/h1-7H,8,15H2,(H,16,17)(H,18,20). The van der Waals surface area contributed by atoms with E-state index < -0.39 is 0 Å². The van der Waals surface area contributed by atoms with Gasteiger partial charge in [0.05, 0.1) is 28.7 Å². The van der Waals surface area contributed by atoms with Crippen LogP contribution < -0.4 is 22.4 Å². The predicted molar refractivity (Wildman–Crippen MR) is 80.0 cm³/mol. The van der Waals surface area contributed by atoms with Crippen molar-refractivity contribution in [2.24, 2.45) is 5.84 Å². The number of anilines is 1. The average Bonchev–Trinajstić information content (AvgIpc) is 2.52. The van der Waals surface area contributed by atoms with Gasteiger partial charge in [0, 0.05) is 6.20 Å². The highest BCUT2D eigenvalue weighted by Gasteiger charge is 2.07. The summed E-state index contributed by atoms with van der Waals surface area (Å²) in [6.45, 7) is 0.161. The van der Waals surface area contributed by atoms with E-state index >= 15 is 0 Å². The van der Waals surface area contributed by atoms with Crippen LogP contribution in [0.4, 0.5) is 5.69 Å². The number of nitrogen functional groups attached to an aromatic ring is 1. The summed E-state index contributed by atoms with van der Waals surface area (Å²) in [6, 6.07) is 10.1. The van der Waals surface area contributed by atoms with Gasteiger partial charge in [-0.3, -0.25) is 25.5 Å². The summed E-state index contributed by atoms with van der Waals surface area (Å²) in [7, 11) is 0. The monoisotopic (exact) mass is 283 g/mol. The number of H-pyrrole nitrogens is 1. The first-order chi connectivity index (χ1) is 10.2. The van der Waals surface area contributed by atoms with Crippen LogP contribution in [-0.2, 0) is 6.54 Å². The minimum atomic E-state index is -0.307. The highest BCUT2D eigenvalue weighted by Crippen LogP contribution is 2.07. The van der Waals surface area contributed by atoms with Crippen molar-refractivity contribution in [1.29, 1.82) is 0 Å². The van der Waals surface area contributed by atoms with Crippen molar-refractivity contribution in [1.82, 2.24) is 14.8 Å². The van der Waals surface area contributed by atoms with Gasteiger partial charge >= 0.3 is 0 Å². The van der Waals surface area contributed by atoms with Gasteiger partial charge in [0.1, 0.15) is 0 Å². The molecule has 0 bridgehead atoms. The van der Waals surface area contributed by atoms with E-state index in [2.05, 4.69) is 15.5 Å². The van der Waals surface area contributed by atoms with Crippen molar-refractivity contribution in [3.8, 4) is 0 Å². The normalized spacial score (nSPS) is 10.7. The van der Waals surface area contributed by atoms with Crippen LogP contribution in [0.3, 0.4) is 0 Å². The number of hydrazine groups is 1. The summed E-state index contributed by atoms with van der Waals surface area (Å²) < 4.78 is 1.24. The molecule has 7 nitrogen and oxygen atoms in total. The SMILES string of the molecule is NNc1ccnc(Cn2[nH]c(=O)c3ccccc3c2=O)c1. The number of rotatable bonds is 3. The number of aromatic amines is 1. The zero-order chi connectivity index (χ0) is 14.8. The second-order valence-corrected chi connectivity index (χ2v) is 4.56. The smallest absolute Gasteiger partial charge is 0.273 e. The Morgan fingerprint density at radius 3 is 2.71 bits per heavy atom. The third-order valence-electron chi connectivity index (χ3n) is 3.19. The van der Waals surface area contributed by atoms with E-state index in [0.717, 1.165) is 0 Å². The lowest BCUT2D eigenvalue weighted by molar-refractivity contribution is 0.626. The van der Waals surface area contributed by atoms with E-state index in [1.807, 2.05) is 0 Å². The zero-order valence-electron chi connectivity index (χ0n) is 11.0. The Kier molecular flexibility index (Phi) is 3.25. The van der Waals surface area contributed by atoms with Crippen molar-refractivity contribution in [3.63, 3.8) is 0 Å². The molecule has 3 rings (SSSR count). The quantitative estimate of drug-likeness (QED) is 0.477. The van der Waals surface area contributed by atoms with Gasteiger partial charge in [0.25, 0.3) is 11.1 Å². The van der Waals surface area contributed by atoms with Crippen LogP contribution in [0.2, 0.25) is 0 Å². The van der Waals surface area contributed by atoms with Crippen LogP contribution in [0.15, 0.2) is 52.2 Å². The lowest BCUT2D eigenvalue weighted by Crippen LogP contribution is -2.30. The number of fused-ring (bicyclic) bond motifs is 1. The van der Waals surface area contributed by atoms with Crippen molar-refractivity contribution >= 4 is 16.5 Å². The molecule has 0 saturated heterocycles. The molecule has 3 aromatic rings. The highest BCUT2D eigenvalue weighted by atomic mass is 16.2. The second-order valence-electron chi connectivity index (χ2n) is 4.56. The number of benzene rings is 1. The molecule has 0 fully saturated rings. The molecule has 0 saturated carbocycles. The fourth-order valence-electron chi connectivity index (χ4n) is 2.17. The molecule has 0 aliphatic heterocycles. The maximum Gasteiger partial charge on any atom is 0.273 e. The van der Waals surface area contributed by atoms with E-state index in [1.54, 1.807) is 42.6 Å². The predicted octanol–water partition coefficient (Wildman–Crippen LogP) is 0.419. The number of nitrogens with zero attached hydrogens (tertiary/aromatic N) is 2. The third kappa shape index (κ3) is 2.41. The minimum Gasteiger partial charge on any atom is -0.324 e. The van der Waals surface area contributed by atoms with Crippen molar-refractivity contribution < 1.29 is 0 Å². The number of nitrogens with two attached hydrogens (primary N) is 1. The highest BCUT2D eigenvalue weighted by molar-refractivity contribution is 5.80. The second kappa shape index (κ2) is 5.22. The fraction of sp³-hybridized carbons (Fsp3) is 0.0714. The number of pyridine rings is 1. The third-order valence-corrected chi connectivity index (χ3v) is 3.19. The molecule has 0 radical (unpaired) electrons. The number of nitrogens with one attached hydrogen (secondary N) is 2. The first-order valence-electron chi connectivity index (χ1n) is 6.32. The van der Waals surface area contributed by atoms with E-state index in [4.69, 9.17) is 5.84 Å². The van der Waals surface area contributed by atoms with Crippen LogP contribution >= 0.6 is 0 Å². The van der Waals surface area contributed by atoms with Gasteiger partial charge in [0.15, 0.2) is 0 Å². The van der Waals surface area contributed by atoms with E-state index in [0.29, 0.717) is 22.2 Å². The Hall–Kier alpha value is -2.93. The molecule has 0 atom stereocenters. The van der Waals surface area contributed by atoms with E-state index in [9.17, 15) is 9.59 Å². The summed E-state index contributed by atoms with van der Waals surface area (Å²) in [4.78, 5) is 28.5. The Morgan fingerprint density at radius 1 is 1.19 bits per heavy atom. The molecule has 1 aromatic carbocycles. The lowest BCUT2D eigenvalue weighted by atomic mass is 10.2. The summed E-state index contributed by atoms with van der Waals surface area (Å²) in [5.74, 6) is 5.34. The Labute approximate surface area is 119 Å². The van der Waals surface area contributed by atoms with Crippen molar-refractivity contribution in [2.75, 3.05) is 5.43 Å². The minimum absolute atomic E-state index is 0.161. The maximum atomic E-state index is 12.4. The van der Waals surface area contributed by atoms with Gasteiger partial charge in [-0.1, -0.05) is 12.1 Å². The summed E-state index contributed by atoms with van der Waals surface area (Å²) in [5, 5.41) is 3.32.